The Hall–Kier alpha value is -4.53. The summed E-state index contributed by atoms with van der Waals surface area (Å²) in [6, 6.07) is 44.1. The molecule has 37 heavy (non-hydrogen) atoms. The lowest BCUT2D eigenvalue weighted by Crippen LogP contribution is -1.86. The first-order valence-corrected chi connectivity index (χ1v) is 13.4. The highest BCUT2D eigenvalue weighted by Gasteiger charge is 2.11. The monoisotopic (exact) mass is 487 g/mol. The van der Waals surface area contributed by atoms with Gasteiger partial charge in [0.05, 0.1) is 0 Å². The van der Waals surface area contributed by atoms with E-state index in [2.05, 4.69) is 121 Å². The highest BCUT2D eigenvalue weighted by molar-refractivity contribution is 7.25. The average Bonchev–Trinajstić information content (AvgIpc) is 3.35. The first-order valence-electron chi connectivity index (χ1n) is 12.5. The number of fused-ring (bicyclic) bond motifs is 9. The van der Waals surface area contributed by atoms with E-state index in [9.17, 15) is 0 Å². The van der Waals surface area contributed by atoms with Crippen LogP contribution in [-0.4, -0.2) is 4.98 Å². The minimum absolute atomic E-state index is 1.09. The summed E-state index contributed by atoms with van der Waals surface area (Å²) in [6.45, 7) is 0. The smallest absolute Gasteiger partial charge is 0.124 e. The summed E-state index contributed by atoms with van der Waals surface area (Å²) in [5, 5.41) is 10.3. The molecule has 2 heterocycles. The molecular weight excluding hydrogens is 466 g/mol. The van der Waals surface area contributed by atoms with Gasteiger partial charge in [-0.25, -0.2) is 4.98 Å². The average molecular weight is 488 g/mol. The molecule has 0 unspecified atom stereocenters. The van der Waals surface area contributed by atoms with Gasteiger partial charge in [-0.1, -0.05) is 97.1 Å². The molecule has 0 atom stereocenters. The summed E-state index contributed by atoms with van der Waals surface area (Å²) in [4.78, 5) is 5.91. The topological polar surface area (TPSA) is 12.9 Å². The molecule has 2 heteroatoms. The molecule has 0 saturated carbocycles. The normalized spacial score (nSPS) is 11.8. The van der Waals surface area contributed by atoms with Gasteiger partial charge < -0.3 is 0 Å². The minimum Gasteiger partial charge on any atom is -0.245 e. The van der Waals surface area contributed by atoms with Crippen molar-refractivity contribution in [2.45, 2.75) is 0 Å². The fourth-order valence-electron chi connectivity index (χ4n) is 5.73. The summed E-state index contributed by atoms with van der Waals surface area (Å²) in [5.41, 5.74) is 4.78. The van der Waals surface area contributed by atoms with E-state index in [-0.39, 0.29) is 0 Å². The molecule has 6 aromatic carbocycles. The highest BCUT2D eigenvalue weighted by atomic mass is 32.1. The van der Waals surface area contributed by atoms with Gasteiger partial charge in [0.25, 0.3) is 0 Å². The van der Waals surface area contributed by atoms with E-state index in [0.29, 0.717) is 0 Å². The number of thiophene rings is 1. The van der Waals surface area contributed by atoms with Gasteiger partial charge in [-0.2, -0.15) is 0 Å². The van der Waals surface area contributed by atoms with Crippen LogP contribution < -0.4 is 0 Å². The van der Waals surface area contributed by atoms with E-state index in [0.717, 1.165) is 10.4 Å². The summed E-state index contributed by atoms with van der Waals surface area (Å²) in [5.74, 6) is 0. The first-order chi connectivity index (χ1) is 18.3. The van der Waals surface area contributed by atoms with Crippen molar-refractivity contribution in [1.29, 1.82) is 0 Å². The maximum Gasteiger partial charge on any atom is 0.124 e. The van der Waals surface area contributed by atoms with Crippen molar-refractivity contribution < 1.29 is 0 Å². The van der Waals surface area contributed by atoms with E-state index >= 15 is 0 Å². The molecule has 8 aromatic rings. The Balaban J connectivity index is 1.31. The van der Waals surface area contributed by atoms with Crippen LogP contribution in [0.5, 0.6) is 0 Å². The molecule has 2 aromatic heterocycles. The SMILES string of the molecule is c1cc(-c2cnc3sc4ccccc4c3c2)cc(-c2ccc3c4ccccc4c4ccccc4c3c2)c1. The summed E-state index contributed by atoms with van der Waals surface area (Å²) >= 11 is 1.76. The number of rotatable bonds is 2. The molecule has 8 rings (SSSR count). The lowest BCUT2D eigenvalue weighted by molar-refractivity contribution is 1.44. The van der Waals surface area contributed by atoms with Crippen LogP contribution in [0.1, 0.15) is 0 Å². The third kappa shape index (κ3) is 3.20. The lowest BCUT2D eigenvalue weighted by atomic mass is 9.91. The molecule has 0 spiro atoms. The van der Waals surface area contributed by atoms with Crippen molar-refractivity contribution in [3.8, 4) is 22.3 Å². The molecule has 172 valence electrons. The number of aromatic nitrogens is 1. The zero-order valence-corrected chi connectivity index (χ0v) is 20.8. The molecule has 0 aliphatic rings. The van der Waals surface area contributed by atoms with Gasteiger partial charge in [0.1, 0.15) is 4.83 Å². The Bertz CT molecular complexity index is 2120. The Labute approximate surface area is 218 Å². The molecular formula is C35H21NS. The Morgan fingerprint density at radius 1 is 0.378 bits per heavy atom. The van der Waals surface area contributed by atoms with Crippen LogP contribution >= 0.6 is 11.3 Å². The Morgan fingerprint density at radius 2 is 0.919 bits per heavy atom. The summed E-state index contributed by atoms with van der Waals surface area (Å²) in [6.07, 6.45) is 2.01. The standard InChI is InChI=1S/C35H21NS/c1-2-12-28-26(10-1)27-11-3-4-13-29(27)32-19-24(16-17-30(28)32)22-8-7-9-23(18-22)25-20-33-31-14-5-6-15-34(31)37-35(33)36-21-25/h1-21H. The molecule has 0 aliphatic heterocycles. The van der Waals surface area contributed by atoms with Crippen LogP contribution in [0.25, 0.3) is 74.9 Å². The van der Waals surface area contributed by atoms with Crippen molar-refractivity contribution >= 4 is 64.0 Å². The zero-order valence-electron chi connectivity index (χ0n) is 20.0. The molecule has 0 aliphatic carbocycles. The minimum atomic E-state index is 1.09. The van der Waals surface area contributed by atoms with Crippen molar-refractivity contribution in [2.75, 3.05) is 0 Å². The third-order valence-corrected chi connectivity index (χ3v) is 8.60. The fourth-order valence-corrected chi connectivity index (χ4v) is 6.76. The van der Waals surface area contributed by atoms with Crippen LogP contribution in [0.15, 0.2) is 128 Å². The molecule has 0 amide bonds. The summed E-state index contributed by atoms with van der Waals surface area (Å²) < 4.78 is 1.28. The van der Waals surface area contributed by atoms with Crippen molar-refractivity contribution in [3.63, 3.8) is 0 Å². The third-order valence-electron chi connectivity index (χ3n) is 7.51. The lowest BCUT2D eigenvalue weighted by Gasteiger charge is -2.12. The van der Waals surface area contributed by atoms with E-state index in [1.165, 1.54) is 64.5 Å². The van der Waals surface area contributed by atoms with Gasteiger partial charge >= 0.3 is 0 Å². The molecule has 0 radical (unpaired) electrons. The fraction of sp³-hybridized carbons (Fsp3) is 0. The van der Waals surface area contributed by atoms with Gasteiger partial charge in [-0.05, 0) is 73.3 Å². The van der Waals surface area contributed by atoms with Gasteiger partial charge in [0.15, 0.2) is 0 Å². The van der Waals surface area contributed by atoms with Gasteiger partial charge in [0, 0.05) is 27.2 Å². The quantitative estimate of drug-likeness (QED) is 0.221. The van der Waals surface area contributed by atoms with Gasteiger partial charge in [-0.3, -0.25) is 0 Å². The van der Waals surface area contributed by atoms with Crippen LogP contribution in [0, 0.1) is 0 Å². The second-order valence-corrected chi connectivity index (χ2v) is 10.6. The van der Waals surface area contributed by atoms with Crippen LogP contribution in [0.3, 0.4) is 0 Å². The maximum atomic E-state index is 4.82. The van der Waals surface area contributed by atoms with Crippen LogP contribution in [0.4, 0.5) is 0 Å². The molecule has 0 N–H and O–H groups in total. The van der Waals surface area contributed by atoms with Gasteiger partial charge in [-0.15, -0.1) is 11.3 Å². The molecule has 0 fully saturated rings. The molecule has 0 saturated heterocycles. The van der Waals surface area contributed by atoms with Crippen LogP contribution in [-0.2, 0) is 0 Å². The number of benzene rings is 6. The van der Waals surface area contributed by atoms with E-state index < -0.39 is 0 Å². The second-order valence-electron chi connectivity index (χ2n) is 9.61. The highest BCUT2D eigenvalue weighted by Crippen LogP contribution is 2.38. The first kappa shape index (κ1) is 20.6. The Kier molecular flexibility index (Phi) is 4.46. The predicted octanol–water partition coefficient (Wildman–Crippen LogP) is 10.2. The van der Waals surface area contributed by atoms with E-state index in [4.69, 9.17) is 4.98 Å². The van der Waals surface area contributed by atoms with E-state index in [1.54, 1.807) is 11.3 Å². The number of nitrogens with zero attached hydrogens (tertiary/aromatic N) is 1. The zero-order chi connectivity index (χ0) is 24.3. The van der Waals surface area contributed by atoms with Crippen molar-refractivity contribution in [2.24, 2.45) is 0 Å². The van der Waals surface area contributed by atoms with Crippen LogP contribution in [0.2, 0.25) is 0 Å². The van der Waals surface area contributed by atoms with Gasteiger partial charge in [0.2, 0.25) is 0 Å². The predicted molar refractivity (Wildman–Crippen MR) is 161 cm³/mol. The molecule has 1 nitrogen and oxygen atoms in total. The Morgan fingerprint density at radius 3 is 1.65 bits per heavy atom. The van der Waals surface area contributed by atoms with Crippen molar-refractivity contribution in [1.82, 2.24) is 4.98 Å². The molecule has 0 bridgehead atoms. The van der Waals surface area contributed by atoms with Crippen molar-refractivity contribution in [3.05, 3.63) is 128 Å². The summed E-state index contributed by atoms with van der Waals surface area (Å²) in [7, 11) is 0. The second kappa shape index (κ2) is 7.99. The number of pyridine rings is 1. The largest absolute Gasteiger partial charge is 0.245 e. The van der Waals surface area contributed by atoms with E-state index in [1.807, 2.05) is 6.20 Å². The number of hydrogen-bond donors (Lipinski definition) is 0. The maximum absolute atomic E-state index is 4.82. The number of hydrogen-bond acceptors (Lipinski definition) is 2.